The molecule has 1 aliphatic heterocycles. The molecule has 7 heteroatoms. The second-order valence-corrected chi connectivity index (χ2v) is 6.26. The van der Waals surface area contributed by atoms with E-state index in [-0.39, 0.29) is 5.69 Å². The molecule has 0 radical (unpaired) electrons. The average molecular weight is 345 g/mol. The second kappa shape index (κ2) is 7.14. The van der Waals surface area contributed by atoms with Crippen molar-refractivity contribution in [1.29, 1.82) is 0 Å². The molecule has 1 unspecified atom stereocenters. The Labute approximate surface area is 146 Å². The van der Waals surface area contributed by atoms with Gasteiger partial charge in [-0.05, 0) is 37.1 Å². The van der Waals surface area contributed by atoms with Crippen molar-refractivity contribution in [3.05, 3.63) is 41.2 Å². The van der Waals surface area contributed by atoms with Crippen LogP contribution in [0, 0.1) is 0 Å². The third-order valence-electron chi connectivity index (χ3n) is 4.65. The fourth-order valence-corrected chi connectivity index (χ4v) is 3.25. The average Bonchev–Trinajstić information content (AvgIpc) is 3.05. The van der Waals surface area contributed by atoms with Gasteiger partial charge >= 0.3 is 5.97 Å². The standard InChI is InChI=1S/C18H23N3O4/c1-12(8-13-4-5-16(24-2)17(9-13)25-3)20-6-7-21-14(11-20)10-15(19-21)18(22)23/h4-5,9-10,12H,6-8,11H2,1-3H3,(H,22,23). The zero-order chi connectivity index (χ0) is 18.0. The highest BCUT2D eigenvalue weighted by Gasteiger charge is 2.24. The third-order valence-corrected chi connectivity index (χ3v) is 4.65. The minimum absolute atomic E-state index is 0.115. The van der Waals surface area contributed by atoms with Crippen LogP contribution in [0.2, 0.25) is 0 Å². The van der Waals surface area contributed by atoms with Gasteiger partial charge in [0, 0.05) is 19.1 Å². The first-order chi connectivity index (χ1) is 12.0. The maximum atomic E-state index is 11.1. The van der Waals surface area contributed by atoms with Crippen LogP contribution in [0.3, 0.4) is 0 Å². The van der Waals surface area contributed by atoms with Gasteiger partial charge in [0.05, 0.1) is 26.5 Å². The van der Waals surface area contributed by atoms with Crippen LogP contribution in [0.1, 0.15) is 28.7 Å². The minimum atomic E-state index is -0.980. The molecule has 0 saturated heterocycles. The van der Waals surface area contributed by atoms with E-state index >= 15 is 0 Å². The van der Waals surface area contributed by atoms with E-state index in [0.29, 0.717) is 19.1 Å². The molecule has 1 aliphatic rings. The minimum Gasteiger partial charge on any atom is -0.493 e. The number of methoxy groups -OCH3 is 2. The second-order valence-electron chi connectivity index (χ2n) is 6.26. The third kappa shape index (κ3) is 3.61. The van der Waals surface area contributed by atoms with Gasteiger partial charge in [-0.3, -0.25) is 9.58 Å². The van der Waals surface area contributed by atoms with Gasteiger partial charge in [-0.15, -0.1) is 0 Å². The monoisotopic (exact) mass is 345 g/mol. The summed E-state index contributed by atoms with van der Waals surface area (Å²) in [5.41, 5.74) is 2.24. The Balaban J connectivity index is 1.69. The van der Waals surface area contributed by atoms with Crippen molar-refractivity contribution in [3.63, 3.8) is 0 Å². The summed E-state index contributed by atoms with van der Waals surface area (Å²) in [6.45, 7) is 4.44. The number of rotatable bonds is 6. The maximum absolute atomic E-state index is 11.1. The maximum Gasteiger partial charge on any atom is 0.356 e. The van der Waals surface area contributed by atoms with Crippen LogP contribution >= 0.6 is 0 Å². The highest BCUT2D eigenvalue weighted by molar-refractivity contribution is 5.85. The predicted molar refractivity (Wildman–Crippen MR) is 92.3 cm³/mol. The van der Waals surface area contributed by atoms with Crippen molar-refractivity contribution < 1.29 is 19.4 Å². The fraction of sp³-hybridized carbons (Fsp3) is 0.444. The normalized spacial score (nSPS) is 15.5. The molecule has 0 amide bonds. The Morgan fingerprint density at radius 2 is 2.00 bits per heavy atom. The lowest BCUT2D eigenvalue weighted by Crippen LogP contribution is -2.40. The summed E-state index contributed by atoms with van der Waals surface area (Å²) < 4.78 is 12.4. The zero-order valence-electron chi connectivity index (χ0n) is 14.7. The Kier molecular flexibility index (Phi) is 4.94. The summed E-state index contributed by atoms with van der Waals surface area (Å²) in [4.78, 5) is 13.4. The number of hydrogen-bond acceptors (Lipinski definition) is 5. The van der Waals surface area contributed by atoms with Gasteiger partial charge in [0.25, 0.3) is 0 Å². The van der Waals surface area contributed by atoms with Crippen LogP contribution in [-0.4, -0.2) is 52.6 Å². The fourth-order valence-electron chi connectivity index (χ4n) is 3.25. The first-order valence-electron chi connectivity index (χ1n) is 8.26. The summed E-state index contributed by atoms with van der Waals surface area (Å²) in [5, 5.41) is 13.2. The summed E-state index contributed by atoms with van der Waals surface area (Å²) >= 11 is 0. The lowest BCUT2D eigenvalue weighted by Gasteiger charge is -2.33. The number of aromatic nitrogens is 2. The topological polar surface area (TPSA) is 76.8 Å². The van der Waals surface area contributed by atoms with Gasteiger partial charge in [0.15, 0.2) is 17.2 Å². The number of aromatic carboxylic acids is 1. The molecule has 0 saturated carbocycles. The van der Waals surface area contributed by atoms with Crippen molar-refractivity contribution in [2.45, 2.75) is 32.5 Å². The quantitative estimate of drug-likeness (QED) is 0.863. The van der Waals surface area contributed by atoms with E-state index in [1.54, 1.807) is 25.0 Å². The number of ether oxygens (including phenoxy) is 2. The first-order valence-corrected chi connectivity index (χ1v) is 8.26. The number of fused-ring (bicyclic) bond motifs is 1. The number of hydrogen-bond donors (Lipinski definition) is 1. The molecule has 0 aliphatic carbocycles. The van der Waals surface area contributed by atoms with Gasteiger partial charge in [-0.25, -0.2) is 4.79 Å². The van der Waals surface area contributed by atoms with Gasteiger partial charge in [0.2, 0.25) is 0 Å². The molecule has 1 N–H and O–H groups in total. The Bertz CT molecular complexity index is 772. The van der Waals surface area contributed by atoms with E-state index < -0.39 is 5.97 Å². The number of benzene rings is 1. The molecule has 25 heavy (non-hydrogen) atoms. The van der Waals surface area contributed by atoms with Crippen molar-refractivity contribution in [3.8, 4) is 11.5 Å². The predicted octanol–water partition coefficient (Wildman–Crippen LogP) is 2.05. The van der Waals surface area contributed by atoms with Crippen molar-refractivity contribution in [1.82, 2.24) is 14.7 Å². The summed E-state index contributed by atoms with van der Waals surface area (Å²) in [6.07, 6.45) is 0.875. The van der Waals surface area contributed by atoms with E-state index in [4.69, 9.17) is 14.6 Å². The molecular weight excluding hydrogens is 322 g/mol. The highest BCUT2D eigenvalue weighted by atomic mass is 16.5. The van der Waals surface area contributed by atoms with Crippen LogP contribution < -0.4 is 9.47 Å². The lowest BCUT2D eigenvalue weighted by atomic mass is 10.0. The molecule has 134 valence electrons. The summed E-state index contributed by atoms with van der Waals surface area (Å²) in [7, 11) is 3.26. The molecule has 1 aromatic heterocycles. The van der Waals surface area contributed by atoms with Gasteiger partial charge < -0.3 is 14.6 Å². The molecule has 1 aromatic carbocycles. The zero-order valence-corrected chi connectivity index (χ0v) is 14.7. The molecule has 0 fully saturated rings. The van der Waals surface area contributed by atoms with Crippen LogP contribution in [0.4, 0.5) is 0 Å². The lowest BCUT2D eigenvalue weighted by molar-refractivity contribution is 0.0689. The number of carbonyl (C=O) groups is 1. The van der Waals surface area contributed by atoms with Gasteiger partial charge in [0.1, 0.15) is 0 Å². The molecule has 0 spiro atoms. The Morgan fingerprint density at radius 1 is 1.24 bits per heavy atom. The van der Waals surface area contributed by atoms with Crippen LogP contribution in [0.15, 0.2) is 24.3 Å². The SMILES string of the molecule is COc1ccc(CC(C)N2CCn3nc(C(=O)O)cc3C2)cc1OC. The van der Waals surface area contributed by atoms with Crippen molar-refractivity contribution >= 4 is 5.97 Å². The van der Waals surface area contributed by atoms with E-state index in [0.717, 1.165) is 30.2 Å². The number of nitrogens with zero attached hydrogens (tertiary/aromatic N) is 3. The molecule has 2 aromatic rings. The molecule has 7 nitrogen and oxygen atoms in total. The van der Waals surface area contributed by atoms with Crippen LogP contribution in [-0.2, 0) is 19.5 Å². The molecule has 2 heterocycles. The molecule has 1 atom stereocenters. The van der Waals surface area contributed by atoms with Crippen molar-refractivity contribution in [2.75, 3.05) is 20.8 Å². The molecule has 0 bridgehead atoms. The molecular formula is C18H23N3O4. The van der Waals surface area contributed by atoms with E-state index in [1.807, 2.05) is 12.1 Å². The van der Waals surface area contributed by atoms with Gasteiger partial charge in [-0.2, -0.15) is 5.10 Å². The number of carboxylic acids is 1. The van der Waals surface area contributed by atoms with Crippen LogP contribution in [0.5, 0.6) is 11.5 Å². The molecule has 3 rings (SSSR count). The Hall–Kier alpha value is -2.54. The first kappa shape index (κ1) is 17.3. The summed E-state index contributed by atoms with van der Waals surface area (Å²) in [5.74, 6) is 0.476. The van der Waals surface area contributed by atoms with Gasteiger partial charge in [-0.1, -0.05) is 6.07 Å². The van der Waals surface area contributed by atoms with E-state index in [2.05, 4.69) is 23.0 Å². The van der Waals surface area contributed by atoms with Crippen molar-refractivity contribution in [2.24, 2.45) is 0 Å². The number of carboxylic acid groups (broad SMARTS) is 1. The highest BCUT2D eigenvalue weighted by Crippen LogP contribution is 2.28. The Morgan fingerprint density at radius 3 is 2.68 bits per heavy atom. The van der Waals surface area contributed by atoms with Crippen LogP contribution in [0.25, 0.3) is 0 Å². The van der Waals surface area contributed by atoms with E-state index in [1.165, 1.54) is 5.56 Å². The largest absolute Gasteiger partial charge is 0.493 e. The summed E-state index contributed by atoms with van der Waals surface area (Å²) in [6, 6.07) is 7.96. The van der Waals surface area contributed by atoms with E-state index in [9.17, 15) is 4.79 Å². The smallest absolute Gasteiger partial charge is 0.356 e.